The lowest BCUT2D eigenvalue weighted by Crippen LogP contribution is -2.16. The summed E-state index contributed by atoms with van der Waals surface area (Å²) in [7, 11) is 0. The van der Waals surface area contributed by atoms with E-state index < -0.39 is 0 Å². The topological polar surface area (TPSA) is 24.1 Å². The van der Waals surface area contributed by atoms with Crippen LogP contribution in [0.5, 0.6) is 0 Å². The number of hydrogen-bond acceptors (Lipinski definition) is 2. The molecule has 0 amide bonds. The molecule has 2 heteroatoms. The highest BCUT2D eigenvalue weighted by Crippen LogP contribution is 2.26. The molecule has 0 saturated carbocycles. The SMILES string of the molecule is c1ccc(CCCNCc2cccc3c2NCC3)cc1. The van der Waals surface area contributed by atoms with Crippen LogP contribution in [0, 0.1) is 0 Å². The number of aryl methyl sites for hydroxylation is 1. The maximum absolute atomic E-state index is 3.56. The average molecular weight is 266 g/mol. The Morgan fingerprint density at radius 2 is 1.90 bits per heavy atom. The fourth-order valence-electron chi connectivity index (χ4n) is 2.84. The molecule has 0 radical (unpaired) electrons. The van der Waals surface area contributed by atoms with Crippen molar-refractivity contribution in [2.75, 3.05) is 18.4 Å². The quantitative estimate of drug-likeness (QED) is 0.783. The first-order chi connectivity index (χ1) is 9.93. The van der Waals surface area contributed by atoms with Crippen molar-refractivity contribution in [2.24, 2.45) is 0 Å². The van der Waals surface area contributed by atoms with Crippen LogP contribution < -0.4 is 10.6 Å². The Morgan fingerprint density at radius 3 is 2.80 bits per heavy atom. The van der Waals surface area contributed by atoms with Crippen LogP contribution >= 0.6 is 0 Å². The second-order valence-corrected chi connectivity index (χ2v) is 5.39. The Morgan fingerprint density at radius 1 is 1.00 bits per heavy atom. The molecule has 0 unspecified atom stereocenters. The van der Waals surface area contributed by atoms with Crippen LogP contribution in [0.4, 0.5) is 5.69 Å². The molecule has 0 spiro atoms. The monoisotopic (exact) mass is 266 g/mol. The van der Waals surface area contributed by atoms with Gasteiger partial charge in [-0.2, -0.15) is 0 Å². The largest absolute Gasteiger partial charge is 0.384 e. The average Bonchev–Trinajstić information content (AvgIpc) is 2.97. The van der Waals surface area contributed by atoms with E-state index in [1.807, 2.05) is 0 Å². The first-order valence-electron chi connectivity index (χ1n) is 7.53. The van der Waals surface area contributed by atoms with Crippen LogP contribution in [-0.2, 0) is 19.4 Å². The molecule has 0 atom stereocenters. The van der Waals surface area contributed by atoms with E-state index in [2.05, 4.69) is 59.2 Å². The standard InChI is InChI=1S/C18H22N2/c1-2-6-15(7-3-1)8-5-12-19-14-17-10-4-9-16-11-13-20-18(16)17/h1-4,6-7,9-10,19-20H,5,8,11-14H2. The maximum Gasteiger partial charge on any atom is 0.0419 e. The van der Waals surface area contributed by atoms with Crippen molar-refractivity contribution in [3.8, 4) is 0 Å². The van der Waals surface area contributed by atoms with Gasteiger partial charge in [0.1, 0.15) is 0 Å². The molecule has 2 nitrogen and oxygen atoms in total. The van der Waals surface area contributed by atoms with Crippen molar-refractivity contribution in [3.05, 3.63) is 65.2 Å². The lowest BCUT2D eigenvalue weighted by atomic mass is 10.1. The van der Waals surface area contributed by atoms with Crippen LogP contribution in [-0.4, -0.2) is 13.1 Å². The summed E-state index contributed by atoms with van der Waals surface area (Å²) in [6.07, 6.45) is 3.50. The molecular formula is C18H22N2. The highest BCUT2D eigenvalue weighted by atomic mass is 14.9. The predicted molar refractivity (Wildman–Crippen MR) is 85.1 cm³/mol. The van der Waals surface area contributed by atoms with E-state index in [1.165, 1.54) is 28.8 Å². The van der Waals surface area contributed by atoms with Gasteiger partial charge in [-0.15, -0.1) is 0 Å². The van der Waals surface area contributed by atoms with E-state index in [1.54, 1.807) is 0 Å². The van der Waals surface area contributed by atoms with Crippen molar-refractivity contribution in [1.82, 2.24) is 5.32 Å². The van der Waals surface area contributed by atoms with Crippen LogP contribution in [0.25, 0.3) is 0 Å². The highest BCUT2D eigenvalue weighted by Gasteiger charge is 2.12. The third kappa shape index (κ3) is 3.20. The molecule has 1 heterocycles. The van der Waals surface area contributed by atoms with Gasteiger partial charge in [0, 0.05) is 18.8 Å². The molecule has 3 rings (SSSR count). The van der Waals surface area contributed by atoms with Gasteiger partial charge >= 0.3 is 0 Å². The second-order valence-electron chi connectivity index (χ2n) is 5.39. The van der Waals surface area contributed by atoms with E-state index >= 15 is 0 Å². The lowest BCUT2D eigenvalue weighted by molar-refractivity contribution is 0.650. The van der Waals surface area contributed by atoms with Crippen molar-refractivity contribution in [2.45, 2.75) is 25.8 Å². The molecule has 0 bridgehead atoms. The Hall–Kier alpha value is -1.80. The van der Waals surface area contributed by atoms with E-state index in [9.17, 15) is 0 Å². The van der Waals surface area contributed by atoms with E-state index in [0.29, 0.717) is 0 Å². The third-order valence-electron chi connectivity index (χ3n) is 3.91. The predicted octanol–water partition coefficient (Wildman–Crippen LogP) is 3.38. The van der Waals surface area contributed by atoms with Gasteiger partial charge < -0.3 is 10.6 Å². The molecule has 1 aliphatic rings. The smallest absolute Gasteiger partial charge is 0.0419 e. The van der Waals surface area contributed by atoms with Crippen LogP contribution in [0.2, 0.25) is 0 Å². The molecule has 0 aromatic heterocycles. The summed E-state index contributed by atoms with van der Waals surface area (Å²) in [4.78, 5) is 0. The summed E-state index contributed by atoms with van der Waals surface area (Å²) in [5, 5.41) is 7.06. The van der Waals surface area contributed by atoms with Gasteiger partial charge in [-0.1, -0.05) is 48.5 Å². The van der Waals surface area contributed by atoms with Crippen LogP contribution in [0.15, 0.2) is 48.5 Å². The zero-order valence-corrected chi connectivity index (χ0v) is 11.9. The molecular weight excluding hydrogens is 244 g/mol. The fourth-order valence-corrected chi connectivity index (χ4v) is 2.84. The molecule has 20 heavy (non-hydrogen) atoms. The first kappa shape index (κ1) is 13.2. The molecule has 104 valence electrons. The Labute approximate surface area is 121 Å². The molecule has 0 aliphatic carbocycles. The minimum atomic E-state index is 0.963. The van der Waals surface area contributed by atoms with Crippen molar-refractivity contribution < 1.29 is 0 Å². The van der Waals surface area contributed by atoms with Gasteiger partial charge in [0.15, 0.2) is 0 Å². The number of rotatable bonds is 6. The van der Waals surface area contributed by atoms with E-state index in [0.717, 1.165) is 32.5 Å². The molecule has 2 N–H and O–H groups in total. The second kappa shape index (κ2) is 6.58. The maximum atomic E-state index is 3.56. The van der Waals surface area contributed by atoms with Crippen LogP contribution in [0.3, 0.4) is 0 Å². The Balaban J connectivity index is 1.43. The zero-order chi connectivity index (χ0) is 13.6. The summed E-state index contributed by atoms with van der Waals surface area (Å²) in [6.45, 7) is 3.11. The molecule has 2 aromatic carbocycles. The lowest BCUT2D eigenvalue weighted by Gasteiger charge is -2.10. The van der Waals surface area contributed by atoms with Gasteiger partial charge in [0.2, 0.25) is 0 Å². The van der Waals surface area contributed by atoms with Crippen molar-refractivity contribution >= 4 is 5.69 Å². The number of para-hydroxylation sites is 1. The minimum absolute atomic E-state index is 0.963. The van der Waals surface area contributed by atoms with E-state index in [-0.39, 0.29) is 0 Å². The number of benzene rings is 2. The van der Waals surface area contributed by atoms with Crippen molar-refractivity contribution in [3.63, 3.8) is 0 Å². The zero-order valence-electron chi connectivity index (χ0n) is 11.9. The van der Waals surface area contributed by atoms with Gasteiger partial charge in [0.05, 0.1) is 0 Å². The molecule has 0 fully saturated rings. The number of hydrogen-bond donors (Lipinski definition) is 2. The minimum Gasteiger partial charge on any atom is -0.384 e. The third-order valence-corrected chi connectivity index (χ3v) is 3.91. The van der Waals surface area contributed by atoms with Crippen molar-refractivity contribution in [1.29, 1.82) is 0 Å². The van der Waals surface area contributed by atoms with Gasteiger partial charge in [-0.3, -0.25) is 0 Å². The number of anilines is 1. The number of fused-ring (bicyclic) bond motifs is 1. The number of nitrogens with one attached hydrogen (secondary N) is 2. The fraction of sp³-hybridized carbons (Fsp3) is 0.333. The molecule has 0 saturated heterocycles. The first-order valence-corrected chi connectivity index (χ1v) is 7.53. The van der Waals surface area contributed by atoms with Crippen LogP contribution in [0.1, 0.15) is 23.1 Å². The highest BCUT2D eigenvalue weighted by molar-refractivity contribution is 5.61. The summed E-state index contributed by atoms with van der Waals surface area (Å²) in [5.41, 5.74) is 5.66. The summed E-state index contributed by atoms with van der Waals surface area (Å²) in [6, 6.07) is 17.3. The summed E-state index contributed by atoms with van der Waals surface area (Å²) < 4.78 is 0. The Kier molecular flexibility index (Phi) is 4.34. The normalized spacial score (nSPS) is 13.0. The van der Waals surface area contributed by atoms with Gasteiger partial charge in [-0.05, 0) is 42.5 Å². The molecule has 2 aromatic rings. The summed E-state index contributed by atoms with van der Waals surface area (Å²) in [5.74, 6) is 0. The Bertz CT molecular complexity index is 549. The van der Waals surface area contributed by atoms with Gasteiger partial charge in [0.25, 0.3) is 0 Å². The van der Waals surface area contributed by atoms with Gasteiger partial charge in [-0.25, -0.2) is 0 Å². The summed E-state index contributed by atoms with van der Waals surface area (Å²) >= 11 is 0. The van der Waals surface area contributed by atoms with E-state index in [4.69, 9.17) is 0 Å². The molecule has 1 aliphatic heterocycles.